The van der Waals surface area contributed by atoms with Crippen molar-refractivity contribution in [1.82, 2.24) is 15.5 Å². The molecule has 2 unspecified atom stereocenters. The van der Waals surface area contributed by atoms with Crippen molar-refractivity contribution in [3.8, 4) is 0 Å². The molecule has 0 saturated carbocycles. The minimum Gasteiger partial charge on any atom is -0.343 e. The van der Waals surface area contributed by atoms with E-state index in [4.69, 9.17) is 0 Å². The summed E-state index contributed by atoms with van der Waals surface area (Å²) in [6.07, 6.45) is 0. The summed E-state index contributed by atoms with van der Waals surface area (Å²) in [5.74, 6) is -0.858. The molecular weight excluding hydrogens is 446 g/mol. The van der Waals surface area contributed by atoms with Crippen LogP contribution in [0.5, 0.6) is 0 Å². The third kappa shape index (κ3) is 3.95. The molecule has 4 amide bonds. The topological polar surface area (TPSA) is 78.5 Å². The van der Waals surface area contributed by atoms with Crippen LogP contribution in [0, 0.1) is 0 Å². The summed E-state index contributed by atoms with van der Waals surface area (Å²) < 4.78 is 0. The lowest BCUT2D eigenvalue weighted by Crippen LogP contribution is -2.44. The van der Waals surface area contributed by atoms with E-state index >= 15 is 0 Å². The van der Waals surface area contributed by atoms with Gasteiger partial charge < -0.3 is 10.6 Å². The highest BCUT2D eigenvalue weighted by Crippen LogP contribution is 2.31. The summed E-state index contributed by atoms with van der Waals surface area (Å²) in [7, 11) is 0. The van der Waals surface area contributed by atoms with E-state index < -0.39 is 23.4 Å². The molecular formula is C27H23N3O3S. The van der Waals surface area contributed by atoms with E-state index in [1.807, 2.05) is 90.3 Å². The largest absolute Gasteiger partial charge is 0.343 e. The number of rotatable bonds is 6. The molecule has 1 aliphatic rings. The minimum atomic E-state index is -1.24. The number of thiophene rings is 1. The fourth-order valence-electron chi connectivity index (χ4n) is 4.31. The van der Waals surface area contributed by atoms with E-state index in [0.717, 1.165) is 26.1 Å². The van der Waals surface area contributed by atoms with Crippen molar-refractivity contribution in [2.45, 2.75) is 18.5 Å². The second kappa shape index (κ2) is 8.76. The molecule has 0 radical (unpaired) electrons. The molecule has 3 aromatic carbocycles. The Morgan fingerprint density at radius 2 is 1.71 bits per heavy atom. The Morgan fingerprint density at radius 1 is 0.971 bits per heavy atom. The lowest BCUT2D eigenvalue weighted by Gasteiger charge is -2.23. The second-order valence-electron chi connectivity index (χ2n) is 8.44. The Kier molecular flexibility index (Phi) is 5.63. The molecule has 6 nitrogen and oxygen atoms in total. The number of carbonyl (C=O) groups excluding carboxylic acids is 3. The number of urea groups is 1. The molecule has 4 aromatic rings. The summed E-state index contributed by atoms with van der Waals surface area (Å²) in [5.41, 5.74) is 0.359. The molecule has 2 atom stereocenters. The molecule has 0 spiro atoms. The predicted octanol–water partition coefficient (Wildman–Crippen LogP) is 4.57. The van der Waals surface area contributed by atoms with Crippen LogP contribution in [0.1, 0.15) is 29.0 Å². The number of hydrogen-bond donors (Lipinski definition) is 2. The second-order valence-corrected chi connectivity index (χ2v) is 9.41. The number of hydrogen-bond acceptors (Lipinski definition) is 4. The predicted molar refractivity (Wildman–Crippen MR) is 132 cm³/mol. The van der Waals surface area contributed by atoms with Crippen molar-refractivity contribution in [2.75, 3.05) is 6.54 Å². The molecule has 5 rings (SSSR count). The molecule has 1 aromatic heterocycles. The summed E-state index contributed by atoms with van der Waals surface area (Å²) in [5, 5.41) is 9.75. The smallest absolute Gasteiger partial charge is 0.325 e. The standard InChI is InChI=1S/C27H23N3O3S/c1-27(21-14-13-18-8-5-6-11-20(18)16-21)25(32)30(26(33)29-27)17-23(31)28-24(22-12-7-15-34-22)19-9-3-2-4-10-19/h2-16,24H,17H2,1H3,(H,28,31)(H,29,33). The van der Waals surface area contributed by atoms with Crippen molar-refractivity contribution >= 4 is 40.0 Å². The van der Waals surface area contributed by atoms with Crippen LogP contribution in [0.3, 0.4) is 0 Å². The summed E-state index contributed by atoms with van der Waals surface area (Å²) in [6, 6.07) is 26.0. The minimum absolute atomic E-state index is 0.359. The maximum Gasteiger partial charge on any atom is 0.325 e. The number of benzene rings is 3. The maximum absolute atomic E-state index is 13.4. The average Bonchev–Trinajstić information content (AvgIpc) is 3.46. The average molecular weight is 470 g/mol. The zero-order chi connectivity index (χ0) is 23.7. The Hall–Kier alpha value is -3.97. The van der Waals surface area contributed by atoms with Gasteiger partial charge in [0.15, 0.2) is 0 Å². The fraction of sp³-hybridized carbons (Fsp3) is 0.148. The molecule has 1 saturated heterocycles. The van der Waals surface area contributed by atoms with E-state index in [9.17, 15) is 14.4 Å². The van der Waals surface area contributed by atoms with Crippen LogP contribution in [-0.2, 0) is 15.1 Å². The van der Waals surface area contributed by atoms with Crippen LogP contribution >= 0.6 is 11.3 Å². The van der Waals surface area contributed by atoms with Crippen LogP contribution in [0.4, 0.5) is 4.79 Å². The molecule has 2 heterocycles. The van der Waals surface area contributed by atoms with Crippen LogP contribution in [0.15, 0.2) is 90.3 Å². The third-order valence-electron chi connectivity index (χ3n) is 6.17. The molecule has 170 valence electrons. The highest BCUT2D eigenvalue weighted by molar-refractivity contribution is 7.10. The van der Waals surface area contributed by atoms with Gasteiger partial charge in [0.1, 0.15) is 12.1 Å². The lowest BCUT2D eigenvalue weighted by atomic mass is 9.90. The molecule has 1 aliphatic heterocycles. The van der Waals surface area contributed by atoms with Crippen LogP contribution in [0.25, 0.3) is 10.8 Å². The molecule has 7 heteroatoms. The number of amides is 4. The number of nitrogens with zero attached hydrogens (tertiary/aromatic N) is 1. The molecule has 1 fully saturated rings. The van der Waals surface area contributed by atoms with Gasteiger partial charge in [-0.25, -0.2) is 4.79 Å². The van der Waals surface area contributed by atoms with Gasteiger partial charge in [-0.2, -0.15) is 0 Å². The van der Waals surface area contributed by atoms with E-state index in [1.165, 1.54) is 11.3 Å². The van der Waals surface area contributed by atoms with Crippen molar-refractivity contribution in [1.29, 1.82) is 0 Å². The summed E-state index contributed by atoms with van der Waals surface area (Å²) >= 11 is 1.54. The van der Waals surface area contributed by atoms with E-state index in [1.54, 1.807) is 6.92 Å². The zero-order valence-electron chi connectivity index (χ0n) is 18.5. The van der Waals surface area contributed by atoms with Crippen molar-refractivity contribution in [3.63, 3.8) is 0 Å². The Labute approximate surface area is 201 Å². The van der Waals surface area contributed by atoms with Crippen LogP contribution in [-0.4, -0.2) is 29.3 Å². The van der Waals surface area contributed by atoms with Crippen LogP contribution < -0.4 is 10.6 Å². The monoisotopic (exact) mass is 469 g/mol. The van der Waals surface area contributed by atoms with Gasteiger partial charge in [-0.15, -0.1) is 11.3 Å². The Morgan fingerprint density at radius 3 is 2.44 bits per heavy atom. The molecule has 34 heavy (non-hydrogen) atoms. The Balaban J connectivity index is 1.36. The van der Waals surface area contributed by atoms with Crippen molar-refractivity contribution in [3.05, 3.63) is 106 Å². The maximum atomic E-state index is 13.4. The number of carbonyl (C=O) groups is 3. The van der Waals surface area contributed by atoms with Gasteiger partial charge in [0, 0.05) is 4.88 Å². The van der Waals surface area contributed by atoms with Gasteiger partial charge in [0.05, 0.1) is 6.04 Å². The lowest BCUT2D eigenvalue weighted by molar-refractivity contribution is -0.135. The number of nitrogens with one attached hydrogen (secondary N) is 2. The molecule has 0 bridgehead atoms. The molecule has 2 N–H and O–H groups in total. The zero-order valence-corrected chi connectivity index (χ0v) is 19.3. The van der Waals surface area contributed by atoms with Gasteiger partial charge in [-0.05, 0) is 46.3 Å². The van der Waals surface area contributed by atoms with E-state index in [0.29, 0.717) is 5.56 Å². The summed E-state index contributed by atoms with van der Waals surface area (Å²) in [4.78, 5) is 41.1. The van der Waals surface area contributed by atoms with Crippen LogP contribution in [0.2, 0.25) is 0 Å². The van der Waals surface area contributed by atoms with Gasteiger partial charge >= 0.3 is 6.03 Å². The third-order valence-corrected chi connectivity index (χ3v) is 7.11. The van der Waals surface area contributed by atoms with Crippen molar-refractivity contribution in [2.24, 2.45) is 0 Å². The van der Waals surface area contributed by atoms with E-state index in [2.05, 4.69) is 10.6 Å². The fourth-order valence-corrected chi connectivity index (χ4v) is 5.11. The summed E-state index contributed by atoms with van der Waals surface area (Å²) in [6.45, 7) is 1.32. The number of fused-ring (bicyclic) bond motifs is 1. The van der Waals surface area contributed by atoms with Gasteiger partial charge in [0.25, 0.3) is 5.91 Å². The Bertz CT molecular complexity index is 1370. The normalized spacial score (nSPS) is 18.7. The highest BCUT2D eigenvalue weighted by Gasteiger charge is 2.49. The van der Waals surface area contributed by atoms with E-state index in [-0.39, 0.29) is 12.6 Å². The number of imide groups is 1. The van der Waals surface area contributed by atoms with Crippen molar-refractivity contribution < 1.29 is 14.4 Å². The first-order chi connectivity index (χ1) is 16.5. The van der Waals surface area contributed by atoms with Gasteiger partial charge in [0.2, 0.25) is 5.91 Å². The first-order valence-electron chi connectivity index (χ1n) is 11.0. The van der Waals surface area contributed by atoms with Gasteiger partial charge in [-0.1, -0.05) is 72.8 Å². The SMILES string of the molecule is CC1(c2ccc3ccccc3c2)NC(=O)N(CC(=O)NC(c2ccccc2)c2cccs2)C1=O. The quantitative estimate of drug-likeness (QED) is 0.406. The highest BCUT2D eigenvalue weighted by atomic mass is 32.1. The van der Waals surface area contributed by atoms with Gasteiger partial charge in [-0.3, -0.25) is 14.5 Å². The first-order valence-corrected chi connectivity index (χ1v) is 11.8. The molecule has 0 aliphatic carbocycles. The first kappa shape index (κ1) is 21.9.